The highest BCUT2D eigenvalue weighted by Gasteiger charge is 2.41. The topological polar surface area (TPSA) is 67.5 Å². The van der Waals surface area contributed by atoms with Gasteiger partial charge in [-0.1, -0.05) is 0 Å². The first-order valence-corrected chi connectivity index (χ1v) is 5.47. The second kappa shape index (κ2) is 4.22. The number of hydrogen-bond donors (Lipinski definition) is 3. The van der Waals surface area contributed by atoms with Gasteiger partial charge in [-0.25, -0.2) is 0 Å². The fraction of sp³-hybridized carbons (Fsp3) is 0.500. The Morgan fingerprint density at radius 1 is 1.50 bits per heavy atom. The molecule has 16 heavy (non-hydrogen) atoms. The summed E-state index contributed by atoms with van der Waals surface area (Å²) in [5.41, 5.74) is 7.45. The average Bonchev–Trinajstić information content (AvgIpc) is 3.09. The Kier molecular flexibility index (Phi) is 2.92. The number of methoxy groups -OCH3 is 1. The first-order valence-electron chi connectivity index (χ1n) is 5.47. The van der Waals surface area contributed by atoms with E-state index in [1.54, 1.807) is 7.11 Å². The van der Waals surface area contributed by atoms with Crippen molar-refractivity contribution in [3.05, 3.63) is 18.2 Å². The van der Waals surface area contributed by atoms with Crippen LogP contribution >= 0.6 is 0 Å². The molecule has 1 aromatic rings. The average molecular weight is 222 g/mol. The van der Waals surface area contributed by atoms with Crippen molar-refractivity contribution in [2.24, 2.45) is 5.41 Å². The lowest BCUT2D eigenvalue weighted by Gasteiger charge is -2.15. The molecule has 0 amide bonds. The lowest BCUT2D eigenvalue weighted by Crippen LogP contribution is -2.19. The van der Waals surface area contributed by atoms with Crippen molar-refractivity contribution in [2.75, 3.05) is 31.3 Å². The highest BCUT2D eigenvalue weighted by molar-refractivity contribution is 5.61. The first kappa shape index (κ1) is 11.1. The van der Waals surface area contributed by atoms with Gasteiger partial charge in [-0.05, 0) is 25.0 Å². The standard InChI is InChI=1S/C12H18N2O2/c1-16-11-6-9(2-3-10(11)13)14-7-12(8-15)4-5-12/h2-3,6,14-15H,4-5,7-8,13H2,1H3. The molecule has 2 rings (SSSR count). The molecule has 0 unspecified atom stereocenters. The molecule has 4 nitrogen and oxygen atoms in total. The van der Waals surface area contributed by atoms with Crippen LogP contribution in [0.3, 0.4) is 0 Å². The van der Waals surface area contributed by atoms with Crippen LogP contribution in [0.2, 0.25) is 0 Å². The predicted octanol–water partition coefficient (Wildman–Crippen LogP) is 1.46. The Labute approximate surface area is 95.4 Å². The highest BCUT2D eigenvalue weighted by atomic mass is 16.5. The van der Waals surface area contributed by atoms with E-state index < -0.39 is 0 Å². The summed E-state index contributed by atoms with van der Waals surface area (Å²) in [4.78, 5) is 0. The number of rotatable bonds is 5. The third-order valence-electron chi connectivity index (χ3n) is 3.19. The van der Waals surface area contributed by atoms with Gasteiger partial charge in [0.2, 0.25) is 0 Å². The van der Waals surface area contributed by atoms with Gasteiger partial charge in [0.25, 0.3) is 0 Å². The molecule has 1 aliphatic rings. The molecule has 0 atom stereocenters. The molecule has 1 saturated carbocycles. The number of aliphatic hydroxyl groups excluding tert-OH is 1. The van der Waals surface area contributed by atoms with E-state index in [1.807, 2.05) is 18.2 Å². The van der Waals surface area contributed by atoms with Gasteiger partial charge >= 0.3 is 0 Å². The van der Waals surface area contributed by atoms with Crippen LogP contribution in [0.5, 0.6) is 5.75 Å². The molecule has 0 radical (unpaired) electrons. The zero-order chi connectivity index (χ0) is 11.6. The number of nitrogen functional groups attached to an aromatic ring is 1. The molecule has 4 heteroatoms. The van der Waals surface area contributed by atoms with E-state index in [9.17, 15) is 5.11 Å². The maximum atomic E-state index is 9.19. The summed E-state index contributed by atoms with van der Waals surface area (Å²) in [6.07, 6.45) is 2.20. The molecule has 1 fully saturated rings. The van der Waals surface area contributed by atoms with Crippen LogP contribution in [0.1, 0.15) is 12.8 Å². The minimum Gasteiger partial charge on any atom is -0.495 e. The molecule has 0 spiro atoms. The van der Waals surface area contributed by atoms with Crippen LogP contribution in [-0.4, -0.2) is 25.4 Å². The van der Waals surface area contributed by atoms with Crippen molar-refractivity contribution in [3.8, 4) is 5.75 Å². The number of hydrogen-bond acceptors (Lipinski definition) is 4. The monoisotopic (exact) mass is 222 g/mol. The van der Waals surface area contributed by atoms with Gasteiger partial charge in [0.1, 0.15) is 5.75 Å². The van der Waals surface area contributed by atoms with E-state index in [1.165, 1.54) is 0 Å². The summed E-state index contributed by atoms with van der Waals surface area (Å²) in [7, 11) is 1.60. The molecule has 0 bridgehead atoms. The van der Waals surface area contributed by atoms with E-state index in [0.717, 1.165) is 25.1 Å². The van der Waals surface area contributed by atoms with E-state index >= 15 is 0 Å². The summed E-state index contributed by atoms with van der Waals surface area (Å²) < 4.78 is 5.15. The summed E-state index contributed by atoms with van der Waals surface area (Å²) in [5.74, 6) is 0.679. The number of nitrogens with one attached hydrogen (secondary N) is 1. The Morgan fingerprint density at radius 3 is 2.81 bits per heavy atom. The van der Waals surface area contributed by atoms with Crippen LogP contribution in [-0.2, 0) is 0 Å². The van der Waals surface area contributed by atoms with E-state index in [0.29, 0.717) is 11.4 Å². The molecular formula is C12H18N2O2. The number of aliphatic hydroxyl groups is 1. The van der Waals surface area contributed by atoms with Gasteiger partial charge in [0, 0.05) is 23.7 Å². The van der Waals surface area contributed by atoms with E-state index in [-0.39, 0.29) is 12.0 Å². The number of anilines is 2. The van der Waals surface area contributed by atoms with Crippen molar-refractivity contribution in [1.82, 2.24) is 0 Å². The lowest BCUT2D eigenvalue weighted by molar-refractivity contribution is 0.220. The molecule has 1 aliphatic carbocycles. The molecule has 0 aliphatic heterocycles. The third kappa shape index (κ3) is 2.22. The van der Waals surface area contributed by atoms with Gasteiger partial charge in [-0.15, -0.1) is 0 Å². The van der Waals surface area contributed by atoms with Gasteiger partial charge in [0.15, 0.2) is 0 Å². The smallest absolute Gasteiger partial charge is 0.143 e. The lowest BCUT2D eigenvalue weighted by atomic mass is 10.1. The summed E-state index contributed by atoms with van der Waals surface area (Å²) in [6.45, 7) is 1.06. The SMILES string of the molecule is COc1cc(NCC2(CO)CC2)ccc1N. The van der Waals surface area contributed by atoms with Crippen molar-refractivity contribution < 1.29 is 9.84 Å². The molecule has 4 N–H and O–H groups in total. The predicted molar refractivity (Wildman–Crippen MR) is 64.6 cm³/mol. The van der Waals surface area contributed by atoms with Crippen molar-refractivity contribution in [1.29, 1.82) is 0 Å². The van der Waals surface area contributed by atoms with Gasteiger partial charge in [-0.3, -0.25) is 0 Å². The van der Waals surface area contributed by atoms with Gasteiger partial charge in [0.05, 0.1) is 19.4 Å². The summed E-state index contributed by atoms with van der Waals surface area (Å²) in [6, 6.07) is 5.62. The van der Waals surface area contributed by atoms with Crippen molar-refractivity contribution in [2.45, 2.75) is 12.8 Å². The zero-order valence-corrected chi connectivity index (χ0v) is 9.49. The highest BCUT2D eigenvalue weighted by Crippen LogP contribution is 2.45. The van der Waals surface area contributed by atoms with Gasteiger partial charge < -0.3 is 20.9 Å². The molecule has 1 aromatic carbocycles. The summed E-state index contributed by atoms with van der Waals surface area (Å²) in [5, 5.41) is 12.5. The van der Waals surface area contributed by atoms with E-state index in [4.69, 9.17) is 10.5 Å². The van der Waals surface area contributed by atoms with Crippen LogP contribution in [0, 0.1) is 5.41 Å². The minimum atomic E-state index is 0.106. The fourth-order valence-corrected chi connectivity index (χ4v) is 1.68. The van der Waals surface area contributed by atoms with Crippen LogP contribution in [0.25, 0.3) is 0 Å². The fourth-order valence-electron chi connectivity index (χ4n) is 1.68. The molecule has 0 aromatic heterocycles. The Morgan fingerprint density at radius 2 is 2.25 bits per heavy atom. The third-order valence-corrected chi connectivity index (χ3v) is 3.19. The van der Waals surface area contributed by atoms with Crippen LogP contribution < -0.4 is 15.8 Å². The molecule has 0 saturated heterocycles. The van der Waals surface area contributed by atoms with Crippen LogP contribution in [0.4, 0.5) is 11.4 Å². The first-order chi connectivity index (χ1) is 7.69. The Bertz CT molecular complexity index is 375. The minimum absolute atomic E-state index is 0.106. The number of ether oxygens (including phenoxy) is 1. The number of nitrogens with two attached hydrogens (primary N) is 1. The summed E-state index contributed by atoms with van der Waals surface area (Å²) >= 11 is 0. The number of benzene rings is 1. The molecular weight excluding hydrogens is 204 g/mol. The second-order valence-corrected chi connectivity index (χ2v) is 4.47. The second-order valence-electron chi connectivity index (χ2n) is 4.47. The maximum Gasteiger partial charge on any atom is 0.143 e. The Balaban J connectivity index is 1.99. The Hall–Kier alpha value is -1.42. The quantitative estimate of drug-likeness (QED) is 0.660. The van der Waals surface area contributed by atoms with Crippen molar-refractivity contribution in [3.63, 3.8) is 0 Å². The van der Waals surface area contributed by atoms with Crippen molar-refractivity contribution >= 4 is 11.4 Å². The normalized spacial score (nSPS) is 16.9. The van der Waals surface area contributed by atoms with Gasteiger partial charge in [-0.2, -0.15) is 0 Å². The zero-order valence-electron chi connectivity index (χ0n) is 9.49. The van der Waals surface area contributed by atoms with E-state index in [2.05, 4.69) is 5.32 Å². The largest absolute Gasteiger partial charge is 0.495 e. The molecule has 88 valence electrons. The maximum absolute atomic E-state index is 9.19. The van der Waals surface area contributed by atoms with Crippen LogP contribution in [0.15, 0.2) is 18.2 Å². The molecule has 0 heterocycles.